The summed E-state index contributed by atoms with van der Waals surface area (Å²) in [4.78, 5) is 67.8. The van der Waals surface area contributed by atoms with E-state index < -0.39 is 36.0 Å². The zero-order chi connectivity index (χ0) is 28.6. The maximum absolute atomic E-state index is 13.7. The van der Waals surface area contributed by atoms with Crippen molar-refractivity contribution in [1.29, 1.82) is 0 Å². The number of carbonyl (C=O) groups is 5. The molecule has 1 aromatic carbocycles. The van der Waals surface area contributed by atoms with E-state index >= 15 is 0 Å². The first-order chi connectivity index (χ1) is 19.3. The molecular weight excluding hydrogens is 512 g/mol. The van der Waals surface area contributed by atoms with E-state index in [-0.39, 0.29) is 36.0 Å². The van der Waals surface area contributed by atoms with Gasteiger partial charge in [0.1, 0.15) is 30.3 Å². The van der Waals surface area contributed by atoms with Crippen molar-refractivity contribution in [3.8, 4) is 0 Å². The van der Waals surface area contributed by atoms with Crippen molar-refractivity contribution >= 4 is 29.4 Å². The molecule has 3 N–H and O–H groups in total. The molecule has 10 heteroatoms. The third-order valence-electron chi connectivity index (χ3n) is 8.27. The van der Waals surface area contributed by atoms with E-state index in [9.17, 15) is 24.0 Å². The third kappa shape index (κ3) is 7.68. The summed E-state index contributed by atoms with van der Waals surface area (Å²) in [7, 11) is 0. The quantitative estimate of drug-likeness (QED) is 0.281. The standard InChI is InChI=1S/C30H42N4O6/c1-3-19(2)26-30(39)34-16-10-14-23(34)29(38)31-21(13-8-5-9-15-24(35)25-18-40-25)27(36)32-22(28(37)33-26)17-20-11-6-4-7-12-20/h4,6-7,11-12,19,21-23,25-26H,3,5,8-10,13-18H2,1-2H3,(H,31,38)(H,32,36)(H,33,37)/t19-,21-,22+,23-,25?,26-/m0/s1. The first-order valence-electron chi connectivity index (χ1n) is 14.7. The number of nitrogens with zero attached hydrogens (tertiary/aromatic N) is 1. The molecule has 1 aromatic rings. The van der Waals surface area contributed by atoms with Crippen molar-refractivity contribution in [2.45, 2.75) is 102 Å². The Labute approximate surface area is 236 Å². The maximum atomic E-state index is 13.7. The highest BCUT2D eigenvalue weighted by Gasteiger charge is 2.41. The van der Waals surface area contributed by atoms with Crippen molar-refractivity contribution in [3.05, 3.63) is 35.9 Å². The van der Waals surface area contributed by atoms with Gasteiger partial charge in [0.05, 0.1) is 6.61 Å². The fourth-order valence-electron chi connectivity index (χ4n) is 5.51. The van der Waals surface area contributed by atoms with Crippen LogP contribution in [0.25, 0.3) is 0 Å². The summed E-state index contributed by atoms with van der Waals surface area (Å²) >= 11 is 0. The summed E-state index contributed by atoms with van der Waals surface area (Å²) in [5, 5.41) is 8.71. The summed E-state index contributed by atoms with van der Waals surface area (Å²) in [6.45, 7) is 4.80. The molecule has 3 heterocycles. The van der Waals surface area contributed by atoms with Gasteiger partial charge < -0.3 is 25.6 Å². The van der Waals surface area contributed by atoms with E-state index in [1.807, 2.05) is 44.2 Å². The average molecular weight is 555 g/mol. The fraction of sp³-hybridized carbons (Fsp3) is 0.633. The van der Waals surface area contributed by atoms with Crippen LogP contribution in [0.1, 0.15) is 70.8 Å². The van der Waals surface area contributed by atoms with Gasteiger partial charge in [0.2, 0.25) is 23.6 Å². The van der Waals surface area contributed by atoms with Crippen LogP contribution in [0, 0.1) is 5.92 Å². The number of epoxide rings is 1. The zero-order valence-electron chi connectivity index (χ0n) is 23.5. The summed E-state index contributed by atoms with van der Waals surface area (Å²) < 4.78 is 5.03. The van der Waals surface area contributed by atoms with Crippen molar-refractivity contribution in [3.63, 3.8) is 0 Å². The number of benzene rings is 1. The Kier molecular flexibility index (Phi) is 10.3. The third-order valence-corrected chi connectivity index (χ3v) is 8.27. The lowest BCUT2D eigenvalue weighted by molar-refractivity contribution is -0.144. The van der Waals surface area contributed by atoms with E-state index in [1.54, 1.807) is 4.90 Å². The van der Waals surface area contributed by atoms with Gasteiger partial charge in [-0.25, -0.2) is 0 Å². The van der Waals surface area contributed by atoms with Crippen LogP contribution < -0.4 is 16.0 Å². The predicted octanol–water partition coefficient (Wildman–Crippen LogP) is 1.65. The van der Waals surface area contributed by atoms with E-state index in [0.29, 0.717) is 58.1 Å². The number of hydrogen-bond donors (Lipinski definition) is 3. The minimum Gasteiger partial charge on any atom is -0.365 e. The SMILES string of the molecule is CC[C@H](C)[C@@H]1NC(=O)[C@@H](Cc2ccccc2)NC(=O)[C@H](CCCCCC(=O)C2CO2)NC(=O)[C@@H]2CCCN2C1=O. The van der Waals surface area contributed by atoms with Crippen LogP contribution in [0.15, 0.2) is 30.3 Å². The first kappa shape index (κ1) is 29.7. The molecule has 4 rings (SSSR count). The van der Waals surface area contributed by atoms with Crippen molar-refractivity contribution in [2.24, 2.45) is 5.92 Å². The molecule has 3 aliphatic heterocycles. The summed E-state index contributed by atoms with van der Waals surface area (Å²) in [5.41, 5.74) is 0.867. The second kappa shape index (κ2) is 13.9. The van der Waals surface area contributed by atoms with E-state index in [1.165, 1.54) is 0 Å². The van der Waals surface area contributed by atoms with Crippen LogP contribution in [0.5, 0.6) is 0 Å². The highest BCUT2D eigenvalue weighted by Crippen LogP contribution is 2.23. The molecule has 4 amide bonds. The van der Waals surface area contributed by atoms with Gasteiger partial charge in [0.15, 0.2) is 5.78 Å². The molecule has 0 saturated carbocycles. The number of nitrogens with one attached hydrogen (secondary N) is 3. The lowest BCUT2D eigenvalue weighted by atomic mass is 9.95. The topological polar surface area (TPSA) is 137 Å². The molecule has 218 valence electrons. The van der Waals surface area contributed by atoms with E-state index in [2.05, 4.69) is 16.0 Å². The molecule has 10 nitrogen and oxygen atoms in total. The number of rotatable bonds is 11. The smallest absolute Gasteiger partial charge is 0.246 e. The highest BCUT2D eigenvalue weighted by atomic mass is 16.6. The van der Waals surface area contributed by atoms with Gasteiger partial charge in [-0.05, 0) is 37.2 Å². The molecule has 0 aromatic heterocycles. The lowest BCUT2D eigenvalue weighted by Crippen LogP contribution is -2.62. The van der Waals surface area contributed by atoms with Crippen LogP contribution in [0.2, 0.25) is 0 Å². The normalized spacial score (nSPS) is 27.9. The summed E-state index contributed by atoms with van der Waals surface area (Å²) in [6.07, 6.45) is 4.67. The Bertz CT molecular complexity index is 1080. The molecule has 0 radical (unpaired) electrons. The molecule has 0 aliphatic carbocycles. The molecular formula is C30H42N4O6. The van der Waals surface area contributed by atoms with Crippen molar-refractivity contribution in [2.75, 3.05) is 13.2 Å². The average Bonchev–Trinajstić information content (AvgIpc) is 3.69. The Morgan fingerprint density at radius 1 is 0.975 bits per heavy atom. The Morgan fingerprint density at radius 2 is 1.68 bits per heavy atom. The van der Waals surface area contributed by atoms with Crippen molar-refractivity contribution < 1.29 is 28.7 Å². The van der Waals surface area contributed by atoms with Crippen LogP contribution in [-0.2, 0) is 35.1 Å². The molecule has 3 saturated heterocycles. The van der Waals surface area contributed by atoms with Crippen LogP contribution >= 0.6 is 0 Å². The maximum Gasteiger partial charge on any atom is 0.246 e. The molecule has 40 heavy (non-hydrogen) atoms. The van der Waals surface area contributed by atoms with Crippen molar-refractivity contribution in [1.82, 2.24) is 20.9 Å². The Hall–Kier alpha value is -3.27. The summed E-state index contributed by atoms with van der Waals surface area (Å²) in [5.74, 6) is -1.49. The molecule has 3 fully saturated rings. The second-order valence-electron chi connectivity index (χ2n) is 11.3. The number of ketones is 1. The van der Waals surface area contributed by atoms with Gasteiger partial charge in [0.25, 0.3) is 0 Å². The molecule has 0 spiro atoms. The Balaban J connectivity index is 1.53. The molecule has 6 atom stereocenters. The van der Waals surface area contributed by atoms with Gasteiger partial charge in [-0.3, -0.25) is 24.0 Å². The molecule has 1 unspecified atom stereocenters. The number of fused-ring (bicyclic) bond motifs is 1. The molecule has 0 bridgehead atoms. The van der Waals surface area contributed by atoms with Crippen LogP contribution in [-0.4, -0.2) is 77.7 Å². The highest BCUT2D eigenvalue weighted by molar-refractivity contribution is 5.98. The fourth-order valence-corrected chi connectivity index (χ4v) is 5.51. The molecule has 3 aliphatic rings. The van der Waals surface area contributed by atoms with Gasteiger partial charge in [-0.15, -0.1) is 0 Å². The van der Waals surface area contributed by atoms with Crippen LogP contribution in [0.4, 0.5) is 0 Å². The van der Waals surface area contributed by atoms with E-state index in [4.69, 9.17) is 4.74 Å². The van der Waals surface area contributed by atoms with Crippen LogP contribution in [0.3, 0.4) is 0 Å². The number of hydrogen-bond acceptors (Lipinski definition) is 6. The lowest BCUT2D eigenvalue weighted by Gasteiger charge is -2.34. The van der Waals surface area contributed by atoms with Gasteiger partial charge in [-0.1, -0.05) is 63.4 Å². The predicted molar refractivity (Wildman–Crippen MR) is 148 cm³/mol. The minimum absolute atomic E-state index is 0.105. The van der Waals surface area contributed by atoms with Gasteiger partial charge in [0, 0.05) is 19.4 Å². The monoisotopic (exact) mass is 554 g/mol. The minimum atomic E-state index is -0.918. The Morgan fingerprint density at radius 3 is 2.38 bits per heavy atom. The summed E-state index contributed by atoms with van der Waals surface area (Å²) in [6, 6.07) is 6.14. The number of unbranched alkanes of at least 4 members (excludes halogenated alkanes) is 2. The zero-order valence-corrected chi connectivity index (χ0v) is 23.5. The second-order valence-corrected chi connectivity index (χ2v) is 11.3. The largest absolute Gasteiger partial charge is 0.365 e. The first-order valence-corrected chi connectivity index (χ1v) is 14.7. The number of amides is 4. The number of ether oxygens (including phenoxy) is 1. The number of carbonyl (C=O) groups excluding carboxylic acids is 5. The van der Waals surface area contributed by atoms with Gasteiger partial charge >= 0.3 is 0 Å². The number of Topliss-reactive ketones (excluding diaryl/α,β-unsaturated/α-hetero) is 1. The van der Waals surface area contributed by atoms with E-state index in [0.717, 1.165) is 12.0 Å². The van der Waals surface area contributed by atoms with Gasteiger partial charge in [-0.2, -0.15) is 0 Å².